The second-order valence-corrected chi connectivity index (χ2v) is 6.47. The third-order valence-corrected chi connectivity index (χ3v) is 5.18. The quantitative estimate of drug-likeness (QED) is 0.683. The molecule has 0 aromatic carbocycles. The normalized spacial score (nSPS) is 24.3. The molecule has 2 atom stereocenters. The number of likely N-dealkylation sites (N-methyl/N-ethyl adjacent to an activating group) is 1. The van der Waals surface area contributed by atoms with Crippen molar-refractivity contribution < 1.29 is 5.11 Å². The average molecular weight is 284 g/mol. The zero-order valence-corrected chi connectivity index (χ0v) is 14.0. The molecule has 20 heavy (non-hydrogen) atoms. The molecule has 3 heteroatoms. The van der Waals surface area contributed by atoms with Crippen molar-refractivity contribution >= 4 is 0 Å². The van der Waals surface area contributed by atoms with Gasteiger partial charge in [-0.1, -0.05) is 27.2 Å². The summed E-state index contributed by atoms with van der Waals surface area (Å²) in [6.45, 7) is 11.6. The van der Waals surface area contributed by atoms with E-state index in [-0.39, 0.29) is 12.1 Å². The predicted molar refractivity (Wildman–Crippen MR) is 87.1 cm³/mol. The molecule has 1 fully saturated rings. The molecule has 1 saturated heterocycles. The first-order chi connectivity index (χ1) is 9.69. The molecular formula is C17H36N2O. The molecule has 1 rings (SSSR count). The minimum absolute atomic E-state index is 0.0491. The predicted octanol–water partition coefficient (Wildman–Crippen LogP) is 3.03. The Morgan fingerprint density at radius 3 is 2.60 bits per heavy atom. The van der Waals surface area contributed by atoms with Crippen molar-refractivity contribution in [1.29, 1.82) is 0 Å². The van der Waals surface area contributed by atoms with Crippen LogP contribution in [0.5, 0.6) is 0 Å². The SMILES string of the molecule is CCNC(CC)(CO)CCCN1CCCC(CC)CC1. The minimum Gasteiger partial charge on any atom is -0.394 e. The summed E-state index contributed by atoms with van der Waals surface area (Å²) in [7, 11) is 0. The molecule has 2 unspecified atom stereocenters. The van der Waals surface area contributed by atoms with Crippen LogP contribution in [0.1, 0.15) is 65.7 Å². The molecule has 0 spiro atoms. The molecule has 1 aliphatic heterocycles. The largest absolute Gasteiger partial charge is 0.394 e. The number of hydrogen-bond donors (Lipinski definition) is 2. The molecule has 0 aliphatic carbocycles. The number of nitrogens with zero attached hydrogens (tertiary/aromatic N) is 1. The monoisotopic (exact) mass is 284 g/mol. The minimum atomic E-state index is -0.0491. The molecule has 1 heterocycles. The summed E-state index contributed by atoms with van der Waals surface area (Å²) in [5.41, 5.74) is -0.0491. The third-order valence-electron chi connectivity index (χ3n) is 5.18. The summed E-state index contributed by atoms with van der Waals surface area (Å²) in [5.74, 6) is 0.953. The highest BCUT2D eigenvalue weighted by Crippen LogP contribution is 2.22. The molecule has 2 N–H and O–H groups in total. The highest BCUT2D eigenvalue weighted by Gasteiger charge is 2.25. The van der Waals surface area contributed by atoms with Crippen molar-refractivity contribution in [3.63, 3.8) is 0 Å². The lowest BCUT2D eigenvalue weighted by atomic mass is 9.91. The average Bonchev–Trinajstić information content (AvgIpc) is 2.71. The number of aliphatic hydroxyl groups excluding tert-OH is 1. The Balaban J connectivity index is 2.31. The van der Waals surface area contributed by atoms with Gasteiger partial charge >= 0.3 is 0 Å². The van der Waals surface area contributed by atoms with E-state index in [1.54, 1.807) is 0 Å². The highest BCUT2D eigenvalue weighted by atomic mass is 16.3. The molecule has 1 aliphatic rings. The van der Waals surface area contributed by atoms with E-state index in [0.717, 1.165) is 25.3 Å². The molecule has 0 radical (unpaired) electrons. The van der Waals surface area contributed by atoms with Gasteiger partial charge in [-0.05, 0) is 70.6 Å². The van der Waals surface area contributed by atoms with Gasteiger partial charge in [0.1, 0.15) is 0 Å². The van der Waals surface area contributed by atoms with Gasteiger partial charge in [0.25, 0.3) is 0 Å². The number of likely N-dealkylation sites (tertiary alicyclic amines) is 1. The van der Waals surface area contributed by atoms with Gasteiger partial charge in [0, 0.05) is 5.54 Å². The van der Waals surface area contributed by atoms with E-state index in [0.29, 0.717) is 0 Å². The van der Waals surface area contributed by atoms with Crippen molar-refractivity contribution in [3.05, 3.63) is 0 Å². The Morgan fingerprint density at radius 2 is 2.00 bits per heavy atom. The van der Waals surface area contributed by atoms with Crippen molar-refractivity contribution in [1.82, 2.24) is 10.2 Å². The maximum absolute atomic E-state index is 9.68. The van der Waals surface area contributed by atoms with Crippen LogP contribution >= 0.6 is 0 Å². The standard InChI is InChI=1S/C17H36N2O/c1-4-16-9-7-12-19(14-10-16)13-8-11-17(5-2,15-20)18-6-3/h16,18,20H,4-15H2,1-3H3. The molecule has 0 amide bonds. The van der Waals surface area contributed by atoms with Crippen LogP contribution in [-0.4, -0.2) is 48.3 Å². The fraction of sp³-hybridized carbons (Fsp3) is 1.00. The molecule has 0 saturated carbocycles. The maximum Gasteiger partial charge on any atom is 0.0613 e. The van der Waals surface area contributed by atoms with E-state index in [1.165, 1.54) is 51.7 Å². The van der Waals surface area contributed by atoms with Gasteiger partial charge in [-0.3, -0.25) is 0 Å². The van der Waals surface area contributed by atoms with Crippen LogP contribution in [0.25, 0.3) is 0 Å². The molecule has 0 bridgehead atoms. The van der Waals surface area contributed by atoms with Crippen LogP contribution in [-0.2, 0) is 0 Å². The summed E-state index contributed by atoms with van der Waals surface area (Å²) < 4.78 is 0. The van der Waals surface area contributed by atoms with Gasteiger partial charge in [0.15, 0.2) is 0 Å². The van der Waals surface area contributed by atoms with Crippen LogP contribution in [0, 0.1) is 5.92 Å². The zero-order chi connectivity index (χ0) is 14.8. The van der Waals surface area contributed by atoms with Gasteiger partial charge in [-0.2, -0.15) is 0 Å². The Hall–Kier alpha value is -0.120. The second kappa shape index (κ2) is 9.75. The Labute approximate surface area is 126 Å². The highest BCUT2D eigenvalue weighted by molar-refractivity contribution is 4.86. The van der Waals surface area contributed by atoms with E-state index in [1.807, 2.05) is 0 Å². The fourth-order valence-corrected chi connectivity index (χ4v) is 3.51. The number of hydrogen-bond acceptors (Lipinski definition) is 3. The lowest BCUT2D eigenvalue weighted by molar-refractivity contribution is 0.140. The van der Waals surface area contributed by atoms with Crippen LogP contribution in [0.15, 0.2) is 0 Å². The van der Waals surface area contributed by atoms with E-state index in [2.05, 4.69) is 31.0 Å². The van der Waals surface area contributed by atoms with E-state index in [9.17, 15) is 5.11 Å². The third kappa shape index (κ3) is 5.71. The fourth-order valence-electron chi connectivity index (χ4n) is 3.51. The zero-order valence-electron chi connectivity index (χ0n) is 14.0. The van der Waals surface area contributed by atoms with Crippen molar-refractivity contribution in [2.24, 2.45) is 5.92 Å². The summed E-state index contributed by atoms with van der Waals surface area (Å²) in [6.07, 6.45) is 8.79. The first-order valence-electron chi connectivity index (χ1n) is 8.78. The van der Waals surface area contributed by atoms with Crippen LogP contribution in [0.2, 0.25) is 0 Å². The summed E-state index contributed by atoms with van der Waals surface area (Å²) in [5, 5.41) is 13.2. The van der Waals surface area contributed by atoms with Crippen molar-refractivity contribution in [2.45, 2.75) is 71.3 Å². The molecule has 0 aromatic heterocycles. The smallest absolute Gasteiger partial charge is 0.0613 e. The summed E-state index contributed by atoms with van der Waals surface area (Å²) >= 11 is 0. The summed E-state index contributed by atoms with van der Waals surface area (Å²) in [6, 6.07) is 0. The maximum atomic E-state index is 9.68. The van der Waals surface area contributed by atoms with Gasteiger partial charge < -0.3 is 15.3 Å². The van der Waals surface area contributed by atoms with Crippen LogP contribution < -0.4 is 5.32 Å². The molecule has 3 nitrogen and oxygen atoms in total. The van der Waals surface area contributed by atoms with Crippen molar-refractivity contribution in [2.75, 3.05) is 32.8 Å². The van der Waals surface area contributed by atoms with Gasteiger partial charge in [0.05, 0.1) is 6.61 Å². The Morgan fingerprint density at radius 1 is 1.20 bits per heavy atom. The number of aliphatic hydroxyl groups is 1. The Bertz CT molecular complexity index is 241. The number of rotatable bonds is 9. The van der Waals surface area contributed by atoms with E-state index < -0.39 is 0 Å². The van der Waals surface area contributed by atoms with Gasteiger partial charge in [0.2, 0.25) is 0 Å². The van der Waals surface area contributed by atoms with Gasteiger partial charge in [-0.25, -0.2) is 0 Å². The summed E-state index contributed by atoms with van der Waals surface area (Å²) in [4.78, 5) is 2.64. The first-order valence-corrected chi connectivity index (χ1v) is 8.78. The van der Waals surface area contributed by atoms with E-state index >= 15 is 0 Å². The molecule has 0 aromatic rings. The number of nitrogens with one attached hydrogen (secondary N) is 1. The van der Waals surface area contributed by atoms with Crippen LogP contribution in [0.4, 0.5) is 0 Å². The Kier molecular flexibility index (Phi) is 8.74. The topological polar surface area (TPSA) is 35.5 Å². The van der Waals surface area contributed by atoms with E-state index in [4.69, 9.17) is 0 Å². The lowest BCUT2D eigenvalue weighted by Crippen LogP contribution is -2.48. The lowest BCUT2D eigenvalue weighted by Gasteiger charge is -2.32. The first kappa shape index (κ1) is 17.9. The van der Waals surface area contributed by atoms with Gasteiger partial charge in [-0.15, -0.1) is 0 Å². The van der Waals surface area contributed by atoms with Crippen molar-refractivity contribution in [3.8, 4) is 0 Å². The second-order valence-electron chi connectivity index (χ2n) is 6.47. The van der Waals surface area contributed by atoms with Crippen LogP contribution in [0.3, 0.4) is 0 Å². The molecule has 120 valence electrons. The molecular weight excluding hydrogens is 248 g/mol.